The van der Waals surface area contributed by atoms with Crippen molar-refractivity contribution in [2.45, 2.75) is 19.6 Å². The molecule has 2 aromatic rings. The van der Waals surface area contributed by atoms with Gasteiger partial charge < -0.3 is 9.47 Å². The molecule has 0 bridgehead atoms. The summed E-state index contributed by atoms with van der Waals surface area (Å²) in [5, 5.41) is 1.74. The van der Waals surface area contributed by atoms with E-state index in [1.165, 1.54) is 11.8 Å². The lowest BCUT2D eigenvalue weighted by molar-refractivity contribution is 0.0860. The third-order valence-corrected chi connectivity index (χ3v) is 6.01. The summed E-state index contributed by atoms with van der Waals surface area (Å²) in [6, 6.07) is 10.8. The Labute approximate surface area is 185 Å². The number of ether oxygens (including phenoxy) is 2. The van der Waals surface area contributed by atoms with Crippen LogP contribution in [0.5, 0.6) is 11.5 Å². The fourth-order valence-corrected chi connectivity index (χ4v) is 4.16. The molecule has 0 aliphatic carbocycles. The Morgan fingerprint density at radius 1 is 1.07 bits per heavy atom. The summed E-state index contributed by atoms with van der Waals surface area (Å²) in [5.74, 6) is 1.75. The van der Waals surface area contributed by atoms with Crippen molar-refractivity contribution in [3.8, 4) is 11.5 Å². The smallest absolute Gasteiger partial charge is 0.260 e. The minimum absolute atomic E-state index is 0.105. The molecule has 3 rings (SSSR count). The van der Waals surface area contributed by atoms with Crippen LogP contribution >= 0.6 is 35.0 Å². The summed E-state index contributed by atoms with van der Waals surface area (Å²) >= 11 is 13.6. The van der Waals surface area contributed by atoms with E-state index in [4.69, 9.17) is 32.7 Å². The van der Waals surface area contributed by atoms with Crippen molar-refractivity contribution in [2.75, 3.05) is 26.3 Å². The molecule has 0 N–H and O–H groups in total. The van der Waals surface area contributed by atoms with Crippen LogP contribution in [0.15, 0.2) is 41.4 Å². The van der Waals surface area contributed by atoms with Crippen LogP contribution in [0.2, 0.25) is 10.0 Å². The Morgan fingerprint density at radius 3 is 2.55 bits per heavy atom. The second-order valence-electron chi connectivity index (χ2n) is 6.19. The molecule has 29 heavy (non-hydrogen) atoms. The molecule has 154 valence electrons. The van der Waals surface area contributed by atoms with Crippen LogP contribution in [0.3, 0.4) is 0 Å². The summed E-state index contributed by atoms with van der Waals surface area (Å²) < 4.78 is 11.2. The van der Waals surface area contributed by atoms with Gasteiger partial charge in [-0.25, -0.2) is 0 Å². The Morgan fingerprint density at radius 2 is 1.83 bits per heavy atom. The highest BCUT2D eigenvalue weighted by atomic mass is 35.5. The van der Waals surface area contributed by atoms with Gasteiger partial charge >= 0.3 is 0 Å². The van der Waals surface area contributed by atoms with E-state index in [0.29, 0.717) is 64.3 Å². The largest absolute Gasteiger partial charge is 0.490 e. The van der Waals surface area contributed by atoms with Crippen molar-refractivity contribution < 1.29 is 14.3 Å². The molecular weight excluding hydrogens is 431 g/mol. The lowest BCUT2D eigenvalue weighted by Gasteiger charge is -2.19. The van der Waals surface area contributed by atoms with Crippen molar-refractivity contribution >= 4 is 46.0 Å². The van der Waals surface area contributed by atoms with Crippen molar-refractivity contribution in [3.05, 3.63) is 57.6 Å². The molecule has 2 aromatic carbocycles. The van der Waals surface area contributed by atoms with E-state index in [1.54, 1.807) is 29.2 Å². The zero-order valence-corrected chi connectivity index (χ0v) is 18.6. The molecular formula is C21H22Cl2N2O3S. The van der Waals surface area contributed by atoms with Gasteiger partial charge in [0.2, 0.25) is 0 Å². The molecule has 1 heterocycles. The van der Waals surface area contributed by atoms with E-state index in [9.17, 15) is 4.79 Å². The fourth-order valence-electron chi connectivity index (χ4n) is 2.86. The van der Waals surface area contributed by atoms with Crippen LogP contribution in [-0.4, -0.2) is 42.3 Å². The third-order valence-electron chi connectivity index (χ3n) is 4.19. The summed E-state index contributed by atoms with van der Waals surface area (Å²) in [5.41, 5.74) is 1.56. The number of carbonyl (C=O) groups is 1. The van der Waals surface area contributed by atoms with Crippen molar-refractivity contribution in [1.82, 2.24) is 4.90 Å². The zero-order valence-electron chi connectivity index (χ0n) is 16.3. The van der Waals surface area contributed by atoms with E-state index >= 15 is 0 Å². The predicted octanol–water partition coefficient (Wildman–Crippen LogP) is 5.54. The highest BCUT2D eigenvalue weighted by Crippen LogP contribution is 2.30. The number of amides is 1. The first-order chi connectivity index (χ1) is 14.0. The lowest BCUT2D eigenvalue weighted by Crippen LogP contribution is -2.32. The summed E-state index contributed by atoms with van der Waals surface area (Å²) in [4.78, 5) is 19.3. The quantitative estimate of drug-likeness (QED) is 0.553. The maximum Gasteiger partial charge on any atom is 0.260 e. The maximum atomic E-state index is 13.1. The maximum absolute atomic E-state index is 13.1. The number of carbonyl (C=O) groups excluding carboxylic acids is 1. The lowest BCUT2D eigenvalue weighted by atomic mass is 10.1. The molecule has 5 nitrogen and oxygen atoms in total. The first kappa shape index (κ1) is 21.8. The van der Waals surface area contributed by atoms with Crippen molar-refractivity contribution in [3.63, 3.8) is 0 Å². The van der Waals surface area contributed by atoms with Crippen LogP contribution in [-0.2, 0) is 5.75 Å². The van der Waals surface area contributed by atoms with Gasteiger partial charge in [-0.2, -0.15) is 0 Å². The number of halogens is 2. The molecule has 0 saturated heterocycles. The highest BCUT2D eigenvalue weighted by Gasteiger charge is 2.26. The second kappa shape index (κ2) is 10.2. The predicted molar refractivity (Wildman–Crippen MR) is 120 cm³/mol. The molecule has 0 unspecified atom stereocenters. The van der Waals surface area contributed by atoms with Crippen molar-refractivity contribution in [2.24, 2.45) is 4.99 Å². The molecule has 1 aliphatic heterocycles. The number of nitrogens with zero attached hydrogens (tertiary/aromatic N) is 2. The average molecular weight is 453 g/mol. The van der Waals surface area contributed by atoms with Gasteiger partial charge in [0.05, 0.1) is 29.8 Å². The topological polar surface area (TPSA) is 51.1 Å². The number of rotatable bonds is 7. The minimum Gasteiger partial charge on any atom is -0.490 e. The fraction of sp³-hybridized carbons (Fsp3) is 0.333. The van der Waals surface area contributed by atoms with Gasteiger partial charge in [0.25, 0.3) is 5.91 Å². The van der Waals surface area contributed by atoms with E-state index in [2.05, 4.69) is 4.99 Å². The second-order valence-corrected chi connectivity index (χ2v) is 7.94. The minimum atomic E-state index is -0.105. The number of hydrogen-bond acceptors (Lipinski definition) is 5. The Hall–Kier alpha value is -1.89. The number of hydrogen-bond donors (Lipinski definition) is 0. The molecule has 0 radical (unpaired) electrons. The first-order valence-corrected chi connectivity index (χ1v) is 11.1. The van der Waals surface area contributed by atoms with Crippen LogP contribution in [0.25, 0.3) is 0 Å². The van der Waals surface area contributed by atoms with E-state index in [-0.39, 0.29) is 5.91 Å². The summed E-state index contributed by atoms with van der Waals surface area (Å²) in [7, 11) is 0. The molecule has 0 fully saturated rings. The molecule has 0 atom stereocenters. The van der Waals surface area contributed by atoms with E-state index < -0.39 is 0 Å². The van der Waals surface area contributed by atoms with Crippen LogP contribution < -0.4 is 9.47 Å². The van der Waals surface area contributed by atoms with Crippen molar-refractivity contribution in [1.29, 1.82) is 0 Å². The summed E-state index contributed by atoms with van der Waals surface area (Å²) in [6.07, 6.45) is 0. The average Bonchev–Trinajstić information content (AvgIpc) is 3.18. The van der Waals surface area contributed by atoms with Gasteiger partial charge in [0.15, 0.2) is 16.7 Å². The van der Waals surface area contributed by atoms with Gasteiger partial charge in [-0.1, -0.05) is 41.0 Å². The van der Waals surface area contributed by atoms with Gasteiger partial charge in [-0.15, -0.1) is 0 Å². The van der Waals surface area contributed by atoms with Crippen LogP contribution in [0, 0.1) is 0 Å². The number of benzene rings is 2. The van der Waals surface area contributed by atoms with Gasteiger partial charge in [-0.05, 0) is 49.7 Å². The van der Waals surface area contributed by atoms with Gasteiger partial charge in [0, 0.05) is 17.9 Å². The molecule has 0 spiro atoms. The Kier molecular flexibility index (Phi) is 7.70. The highest BCUT2D eigenvalue weighted by molar-refractivity contribution is 8.13. The van der Waals surface area contributed by atoms with E-state index in [0.717, 1.165) is 5.56 Å². The molecule has 1 amide bonds. The number of amidine groups is 1. The molecule has 8 heteroatoms. The van der Waals surface area contributed by atoms with E-state index in [1.807, 2.05) is 26.0 Å². The number of aliphatic imine (C=N–C) groups is 1. The van der Waals surface area contributed by atoms with Gasteiger partial charge in [0.1, 0.15) is 0 Å². The summed E-state index contributed by atoms with van der Waals surface area (Å²) in [6.45, 7) is 5.97. The Balaban J connectivity index is 1.72. The monoisotopic (exact) mass is 452 g/mol. The van der Waals surface area contributed by atoms with Crippen LogP contribution in [0.1, 0.15) is 29.8 Å². The van der Waals surface area contributed by atoms with Crippen LogP contribution in [0.4, 0.5) is 0 Å². The third kappa shape index (κ3) is 5.38. The Bertz CT molecular complexity index is 921. The molecule has 1 aliphatic rings. The zero-order chi connectivity index (χ0) is 20.8. The first-order valence-electron chi connectivity index (χ1n) is 9.36. The van der Waals surface area contributed by atoms with Gasteiger partial charge in [-0.3, -0.25) is 14.7 Å². The SMILES string of the molecule is CCOc1ccc(C(=O)N2CCN=C2SCc2ccc(Cl)c(Cl)c2)cc1OCC. The molecule has 0 saturated carbocycles. The number of thioether (sulfide) groups is 1. The molecule has 0 aromatic heterocycles. The normalized spacial score (nSPS) is 13.4. The standard InChI is InChI=1S/C21H22Cl2N2O3S/c1-3-27-18-8-6-15(12-19(18)28-4-2)20(26)25-10-9-24-21(25)29-13-14-5-7-16(22)17(23)11-14/h5-8,11-12H,3-4,9-10,13H2,1-2H3.